The number of rotatable bonds is 25. The average Bonchev–Trinajstić information content (AvgIpc) is 4.04. The van der Waals surface area contributed by atoms with Gasteiger partial charge in [-0.3, -0.25) is 0 Å². The van der Waals surface area contributed by atoms with Crippen molar-refractivity contribution in [1.82, 2.24) is 0 Å². The van der Waals surface area contributed by atoms with E-state index >= 15 is 0 Å². The van der Waals surface area contributed by atoms with Gasteiger partial charge in [0.25, 0.3) is 0 Å². The van der Waals surface area contributed by atoms with Crippen molar-refractivity contribution < 1.29 is 19.8 Å². The lowest BCUT2D eigenvalue weighted by Gasteiger charge is -2.03. The standard InChI is InChI=1S/C46H54O4S6/c1-3-5-7-9-11-13-15-17-19-31-29-41(37-25-28-40(54-37)45(47)48)55-43(31)38-26-23-35(52-38)33-21-22-34(51-33)36-24-27-39(53-36)44-32(30-42(56-44)46(49)50)20-18-16-14-12-10-8-6-4-2/h21-30H,3-20H2,1-2H3,(H,47,48)(H,49,50). The molecule has 2 N–H and O–H groups in total. The first-order valence-corrected chi connectivity index (χ1v) is 25.4. The molecule has 0 radical (unpaired) electrons. The Morgan fingerprint density at radius 3 is 1.23 bits per heavy atom. The van der Waals surface area contributed by atoms with Crippen LogP contribution in [0.15, 0.2) is 60.7 Å². The summed E-state index contributed by atoms with van der Waals surface area (Å²) in [6, 6.07) is 21.2. The van der Waals surface area contributed by atoms with Crippen molar-refractivity contribution in [3.8, 4) is 48.8 Å². The number of thiophene rings is 6. The van der Waals surface area contributed by atoms with Gasteiger partial charge in [0.1, 0.15) is 9.75 Å². The van der Waals surface area contributed by atoms with Gasteiger partial charge in [-0.05, 0) is 97.5 Å². The summed E-state index contributed by atoms with van der Waals surface area (Å²) in [6.45, 7) is 4.52. The van der Waals surface area contributed by atoms with Gasteiger partial charge >= 0.3 is 11.9 Å². The average molecular weight is 863 g/mol. The van der Waals surface area contributed by atoms with Crippen LogP contribution in [0, 0.1) is 0 Å². The Morgan fingerprint density at radius 2 is 0.768 bits per heavy atom. The third-order valence-corrected chi connectivity index (χ3v) is 17.9. The fraction of sp³-hybridized carbons (Fsp3) is 0.435. The van der Waals surface area contributed by atoms with Crippen LogP contribution in [0.5, 0.6) is 0 Å². The SMILES string of the molecule is CCCCCCCCCCc1cc(C(=O)O)sc1-c1ccc(-c2ccc(-c3ccc(-c4sc(-c5ccc(C(=O)O)s5)cc4CCCCCCCCCC)s3)s2)s1. The summed E-state index contributed by atoms with van der Waals surface area (Å²) < 4.78 is 0. The highest BCUT2D eigenvalue weighted by atomic mass is 32.1. The molecule has 0 bridgehead atoms. The first-order chi connectivity index (χ1) is 27.3. The van der Waals surface area contributed by atoms with Crippen LogP contribution in [-0.4, -0.2) is 22.2 Å². The third-order valence-electron chi connectivity index (χ3n) is 10.2. The molecule has 0 unspecified atom stereocenters. The monoisotopic (exact) mass is 862 g/mol. The molecule has 0 spiro atoms. The normalized spacial score (nSPS) is 11.5. The molecule has 4 nitrogen and oxygen atoms in total. The highest BCUT2D eigenvalue weighted by Crippen LogP contribution is 2.48. The quantitative estimate of drug-likeness (QED) is 0.0562. The van der Waals surface area contributed by atoms with Gasteiger partial charge in [-0.25, -0.2) is 9.59 Å². The highest BCUT2D eigenvalue weighted by molar-refractivity contribution is 7.30. The molecule has 10 heteroatoms. The largest absolute Gasteiger partial charge is 0.477 e. The van der Waals surface area contributed by atoms with Crippen molar-refractivity contribution in [2.75, 3.05) is 0 Å². The van der Waals surface area contributed by atoms with Gasteiger partial charge < -0.3 is 10.2 Å². The van der Waals surface area contributed by atoms with Crippen LogP contribution in [0.1, 0.15) is 147 Å². The Balaban J connectivity index is 1.14. The van der Waals surface area contributed by atoms with E-state index in [0.29, 0.717) is 9.75 Å². The number of aromatic carboxylic acids is 2. The van der Waals surface area contributed by atoms with E-state index in [4.69, 9.17) is 0 Å². The smallest absolute Gasteiger partial charge is 0.345 e. The van der Waals surface area contributed by atoms with Crippen molar-refractivity contribution in [3.63, 3.8) is 0 Å². The van der Waals surface area contributed by atoms with Crippen LogP contribution < -0.4 is 0 Å². The maximum atomic E-state index is 12.0. The molecule has 6 rings (SSSR count). The number of unbranched alkanes of at least 4 members (excludes halogenated alkanes) is 14. The summed E-state index contributed by atoms with van der Waals surface area (Å²) in [4.78, 5) is 36.4. The minimum absolute atomic E-state index is 0.379. The van der Waals surface area contributed by atoms with Gasteiger partial charge in [0, 0.05) is 48.8 Å². The second-order valence-electron chi connectivity index (χ2n) is 14.6. The van der Waals surface area contributed by atoms with E-state index in [-0.39, 0.29) is 0 Å². The lowest BCUT2D eigenvalue weighted by atomic mass is 10.0. The van der Waals surface area contributed by atoms with E-state index < -0.39 is 11.9 Å². The Labute approximate surface area is 356 Å². The molecule has 6 heterocycles. The van der Waals surface area contributed by atoms with Crippen LogP contribution in [-0.2, 0) is 12.8 Å². The maximum absolute atomic E-state index is 12.0. The number of hydrogen-bond donors (Lipinski definition) is 2. The van der Waals surface area contributed by atoms with E-state index in [0.717, 1.165) is 38.8 Å². The molecule has 0 aliphatic rings. The number of carbonyl (C=O) groups is 2. The Kier molecular flexibility index (Phi) is 16.6. The molecule has 56 heavy (non-hydrogen) atoms. The number of carboxylic acid groups (broad SMARTS) is 2. The molecule has 6 aromatic heterocycles. The first-order valence-electron chi connectivity index (χ1n) is 20.5. The zero-order valence-electron chi connectivity index (χ0n) is 32.7. The van der Waals surface area contributed by atoms with Crippen molar-refractivity contribution >= 4 is 80.0 Å². The van der Waals surface area contributed by atoms with Gasteiger partial charge in [0.15, 0.2) is 0 Å². The molecule has 0 aromatic carbocycles. The zero-order valence-corrected chi connectivity index (χ0v) is 37.6. The summed E-state index contributed by atoms with van der Waals surface area (Å²) in [7, 11) is 0. The molecular formula is C46H54O4S6. The van der Waals surface area contributed by atoms with Crippen molar-refractivity contribution in [2.45, 2.75) is 129 Å². The van der Waals surface area contributed by atoms with Crippen LogP contribution in [0.4, 0.5) is 0 Å². The summed E-state index contributed by atoms with van der Waals surface area (Å²) in [6.07, 6.45) is 22.4. The van der Waals surface area contributed by atoms with Gasteiger partial charge in [-0.1, -0.05) is 104 Å². The molecule has 6 aromatic rings. The third kappa shape index (κ3) is 11.6. The fourth-order valence-corrected chi connectivity index (χ4v) is 13.8. The molecule has 0 amide bonds. The number of carboxylic acids is 2. The van der Waals surface area contributed by atoms with Crippen molar-refractivity contribution in [2.24, 2.45) is 0 Å². The predicted octanol–water partition coefficient (Wildman–Crippen LogP) is 17.2. The lowest BCUT2D eigenvalue weighted by molar-refractivity contribution is 0.0691. The van der Waals surface area contributed by atoms with Crippen molar-refractivity contribution in [3.05, 3.63) is 81.5 Å². The maximum Gasteiger partial charge on any atom is 0.345 e. The summed E-state index contributed by atoms with van der Waals surface area (Å²) in [5, 5.41) is 19.4. The zero-order chi connectivity index (χ0) is 39.3. The fourth-order valence-electron chi connectivity index (χ4n) is 7.14. The molecule has 0 aliphatic heterocycles. The molecule has 0 fully saturated rings. The number of hydrogen-bond acceptors (Lipinski definition) is 8. The Morgan fingerprint density at radius 1 is 0.393 bits per heavy atom. The van der Waals surface area contributed by atoms with Crippen LogP contribution in [0.3, 0.4) is 0 Å². The number of aryl methyl sites for hydroxylation is 2. The summed E-state index contributed by atoms with van der Waals surface area (Å²) in [5.74, 6) is -1.71. The Bertz CT molecular complexity index is 2130. The van der Waals surface area contributed by atoms with Gasteiger partial charge in [-0.15, -0.1) is 68.0 Å². The molecule has 0 saturated heterocycles. The van der Waals surface area contributed by atoms with E-state index in [9.17, 15) is 19.8 Å². The van der Waals surface area contributed by atoms with E-state index in [2.05, 4.69) is 56.3 Å². The summed E-state index contributed by atoms with van der Waals surface area (Å²) >= 11 is 9.98. The minimum atomic E-state index is -0.869. The van der Waals surface area contributed by atoms with Gasteiger partial charge in [-0.2, -0.15) is 0 Å². The summed E-state index contributed by atoms with van der Waals surface area (Å²) in [5.41, 5.74) is 2.54. The highest BCUT2D eigenvalue weighted by Gasteiger charge is 2.20. The second-order valence-corrected chi connectivity index (χ2v) is 21.1. The van der Waals surface area contributed by atoms with Crippen LogP contribution in [0.2, 0.25) is 0 Å². The van der Waals surface area contributed by atoms with E-state index in [1.54, 1.807) is 28.7 Å². The van der Waals surface area contributed by atoms with Gasteiger partial charge in [0.05, 0.1) is 0 Å². The molecular weight excluding hydrogens is 809 g/mol. The van der Waals surface area contributed by atoms with Gasteiger partial charge in [0.2, 0.25) is 0 Å². The van der Waals surface area contributed by atoms with E-state index in [1.807, 2.05) is 34.8 Å². The topological polar surface area (TPSA) is 74.6 Å². The molecule has 298 valence electrons. The lowest BCUT2D eigenvalue weighted by Crippen LogP contribution is -1.91. The Hall–Kier alpha value is -2.86. The van der Waals surface area contributed by atoms with Crippen LogP contribution in [0.25, 0.3) is 48.8 Å². The van der Waals surface area contributed by atoms with Crippen molar-refractivity contribution in [1.29, 1.82) is 0 Å². The second kappa shape index (κ2) is 21.8. The predicted molar refractivity (Wildman–Crippen MR) is 247 cm³/mol. The van der Waals surface area contributed by atoms with E-state index in [1.165, 1.54) is 159 Å². The molecule has 0 saturated carbocycles. The first kappa shape index (κ1) is 42.7. The van der Waals surface area contributed by atoms with Crippen LogP contribution >= 0.6 is 68.0 Å². The molecule has 0 aliphatic carbocycles. The molecule has 0 atom stereocenters. The minimum Gasteiger partial charge on any atom is -0.477 e.